The van der Waals surface area contributed by atoms with Crippen molar-refractivity contribution in [1.29, 1.82) is 5.26 Å². The molecule has 0 aliphatic carbocycles. The van der Waals surface area contributed by atoms with Gasteiger partial charge in [0, 0.05) is 56.0 Å². The number of nitriles is 1. The van der Waals surface area contributed by atoms with Crippen LogP contribution in [0, 0.1) is 23.1 Å². The largest absolute Gasteiger partial charge is 0.496 e. The molecule has 0 bridgehead atoms. The molecule has 40 heavy (non-hydrogen) atoms. The predicted molar refractivity (Wildman–Crippen MR) is 148 cm³/mol. The number of carbonyl (C=O) groups is 1. The fourth-order valence-corrected chi connectivity index (χ4v) is 5.12. The zero-order valence-corrected chi connectivity index (χ0v) is 22.0. The molecule has 2 aromatic heterocycles. The summed E-state index contributed by atoms with van der Waals surface area (Å²) in [6.45, 7) is 1.53. The van der Waals surface area contributed by atoms with Crippen LogP contribution in [0.2, 0.25) is 0 Å². The lowest BCUT2D eigenvalue weighted by atomic mass is 9.94. The molecule has 0 radical (unpaired) electrons. The SMILES string of the molecule is COc1cccc(F)c1-c1nccc(C(=O)Cc2ccc(-c3cnccc3C#N)cc2N2CCC[C@@H](CO)C2)n1. The van der Waals surface area contributed by atoms with Crippen LogP contribution in [0.4, 0.5) is 10.1 Å². The number of aliphatic hydroxyl groups is 1. The van der Waals surface area contributed by atoms with E-state index in [1.165, 1.54) is 31.5 Å². The second-order valence-electron chi connectivity index (χ2n) is 9.70. The molecule has 0 unspecified atom stereocenters. The number of pyridine rings is 1. The van der Waals surface area contributed by atoms with Crippen molar-refractivity contribution in [2.24, 2.45) is 5.92 Å². The van der Waals surface area contributed by atoms with E-state index in [2.05, 4.69) is 25.9 Å². The summed E-state index contributed by atoms with van der Waals surface area (Å²) in [7, 11) is 1.44. The number of ketones is 1. The van der Waals surface area contributed by atoms with Gasteiger partial charge in [-0.2, -0.15) is 5.26 Å². The van der Waals surface area contributed by atoms with Crippen LogP contribution >= 0.6 is 0 Å². The molecule has 0 spiro atoms. The molecule has 2 aromatic carbocycles. The lowest BCUT2D eigenvalue weighted by Crippen LogP contribution is -2.37. The molecule has 3 heterocycles. The van der Waals surface area contributed by atoms with Crippen LogP contribution in [0.15, 0.2) is 67.1 Å². The van der Waals surface area contributed by atoms with Crippen LogP contribution in [0.25, 0.3) is 22.5 Å². The molecule has 5 rings (SSSR count). The maximum absolute atomic E-state index is 14.7. The van der Waals surface area contributed by atoms with Crippen LogP contribution in [-0.2, 0) is 6.42 Å². The molecule has 0 amide bonds. The highest BCUT2D eigenvalue weighted by Crippen LogP contribution is 2.34. The first-order valence-corrected chi connectivity index (χ1v) is 13.0. The zero-order chi connectivity index (χ0) is 28.1. The molecule has 1 fully saturated rings. The summed E-state index contributed by atoms with van der Waals surface area (Å²) in [5.41, 5.74) is 3.94. The summed E-state index contributed by atoms with van der Waals surface area (Å²) in [5, 5.41) is 19.4. The normalized spacial score (nSPS) is 14.9. The molecule has 1 atom stereocenters. The number of benzene rings is 2. The number of aromatic nitrogens is 3. The average Bonchev–Trinajstić information content (AvgIpc) is 3.01. The van der Waals surface area contributed by atoms with Crippen molar-refractivity contribution >= 4 is 11.5 Å². The number of rotatable bonds is 8. The number of methoxy groups -OCH3 is 1. The van der Waals surface area contributed by atoms with Crippen molar-refractivity contribution in [3.05, 3.63) is 89.8 Å². The Morgan fingerprint density at radius 3 is 2.90 bits per heavy atom. The van der Waals surface area contributed by atoms with Gasteiger partial charge in [0.15, 0.2) is 11.6 Å². The maximum Gasteiger partial charge on any atom is 0.185 e. The third-order valence-electron chi connectivity index (χ3n) is 7.17. The molecule has 9 heteroatoms. The van der Waals surface area contributed by atoms with E-state index in [-0.39, 0.29) is 47.6 Å². The summed E-state index contributed by atoms with van der Waals surface area (Å²) in [4.78, 5) is 28.5. The Morgan fingerprint density at radius 2 is 2.10 bits per heavy atom. The maximum atomic E-state index is 14.7. The molecule has 1 aliphatic heterocycles. The van der Waals surface area contributed by atoms with E-state index in [9.17, 15) is 19.6 Å². The smallest absolute Gasteiger partial charge is 0.185 e. The zero-order valence-electron chi connectivity index (χ0n) is 22.0. The highest BCUT2D eigenvalue weighted by atomic mass is 19.1. The van der Waals surface area contributed by atoms with Crippen molar-refractivity contribution in [1.82, 2.24) is 15.0 Å². The number of hydrogen-bond donors (Lipinski definition) is 1. The van der Waals surface area contributed by atoms with Gasteiger partial charge in [-0.1, -0.05) is 18.2 Å². The van der Waals surface area contributed by atoms with Gasteiger partial charge in [0.25, 0.3) is 0 Å². The third kappa shape index (κ3) is 5.53. The van der Waals surface area contributed by atoms with Gasteiger partial charge < -0.3 is 14.7 Å². The van der Waals surface area contributed by atoms with Crippen LogP contribution in [0.1, 0.15) is 34.5 Å². The number of carbonyl (C=O) groups excluding carboxylic acids is 1. The monoisotopic (exact) mass is 537 g/mol. The van der Waals surface area contributed by atoms with Crippen LogP contribution in [-0.4, -0.2) is 52.6 Å². The van der Waals surface area contributed by atoms with E-state index >= 15 is 0 Å². The minimum Gasteiger partial charge on any atom is -0.496 e. The number of aliphatic hydroxyl groups excluding tert-OH is 1. The summed E-state index contributed by atoms with van der Waals surface area (Å²) in [6, 6.07) is 15.6. The summed E-state index contributed by atoms with van der Waals surface area (Å²) in [6.07, 6.45) is 6.59. The fraction of sp³-hybridized carbons (Fsp3) is 0.258. The number of Topliss-reactive ketones (excluding diaryl/α,β-unsaturated/α-hetero) is 1. The molecule has 4 aromatic rings. The van der Waals surface area contributed by atoms with Crippen molar-refractivity contribution in [3.63, 3.8) is 0 Å². The van der Waals surface area contributed by atoms with Crippen LogP contribution in [0.5, 0.6) is 5.75 Å². The lowest BCUT2D eigenvalue weighted by molar-refractivity contribution is 0.0988. The highest BCUT2D eigenvalue weighted by molar-refractivity contribution is 5.97. The first kappa shape index (κ1) is 26.9. The van der Waals surface area contributed by atoms with Crippen LogP contribution < -0.4 is 9.64 Å². The third-order valence-corrected chi connectivity index (χ3v) is 7.17. The number of nitrogens with zero attached hydrogens (tertiary/aromatic N) is 5. The lowest BCUT2D eigenvalue weighted by Gasteiger charge is -2.35. The van der Waals surface area contributed by atoms with Gasteiger partial charge in [-0.25, -0.2) is 14.4 Å². The number of anilines is 1. The molecule has 8 nitrogen and oxygen atoms in total. The van der Waals surface area contributed by atoms with E-state index in [1.807, 2.05) is 18.2 Å². The molecule has 0 saturated carbocycles. The molecular weight excluding hydrogens is 509 g/mol. The standard InChI is InChI=1S/C31H28FN5O3/c1-40-29-6-2-5-25(32)30(29)31-35-12-10-26(36-31)28(39)15-22-8-7-21(24-17-34-11-9-23(24)16-33)14-27(22)37-13-3-4-20(18-37)19-38/h2,5-12,14,17,20,38H,3-4,13,15,18-19H2,1H3/t20-/m1/s1. The van der Waals surface area contributed by atoms with Gasteiger partial charge in [0.1, 0.15) is 17.3 Å². The first-order chi connectivity index (χ1) is 19.5. The van der Waals surface area contributed by atoms with Gasteiger partial charge in [0.05, 0.1) is 24.3 Å². The minimum absolute atomic E-state index is 0.0545. The van der Waals surface area contributed by atoms with Gasteiger partial charge in [-0.05, 0) is 60.2 Å². The van der Waals surface area contributed by atoms with Gasteiger partial charge >= 0.3 is 0 Å². The molecular formula is C31H28FN5O3. The Labute approximate surface area is 231 Å². The van der Waals surface area contributed by atoms with E-state index in [0.717, 1.165) is 36.2 Å². The topological polar surface area (TPSA) is 112 Å². The second kappa shape index (κ2) is 12.0. The number of halogens is 1. The van der Waals surface area contributed by atoms with Crippen molar-refractivity contribution in [3.8, 4) is 34.3 Å². The van der Waals surface area contributed by atoms with E-state index in [1.54, 1.807) is 24.5 Å². The molecule has 1 aliphatic rings. The molecule has 1 N–H and O–H groups in total. The Balaban J connectivity index is 1.51. The van der Waals surface area contributed by atoms with Crippen LogP contribution in [0.3, 0.4) is 0 Å². The predicted octanol–water partition coefficient (Wildman–Crippen LogP) is 4.86. The second-order valence-corrected chi connectivity index (χ2v) is 9.70. The summed E-state index contributed by atoms with van der Waals surface area (Å²) >= 11 is 0. The number of hydrogen-bond acceptors (Lipinski definition) is 8. The average molecular weight is 538 g/mol. The van der Waals surface area contributed by atoms with Gasteiger partial charge in [-0.3, -0.25) is 9.78 Å². The summed E-state index contributed by atoms with van der Waals surface area (Å²) < 4.78 is 19.9. The van der Waals surface area contributed by atoms with Gasteiger partial charge in [0.2, 0.25) is 0 Å². The quantitative estimate of drug-likeness (QED) is 0.317. The Morgan fingerprint density at radius 1 is 1.23 bits per heavy atom. The minimum atomic E-state index is -0.544. The number of ether oxygens (including phenoxy) is 1. The van der Waals surface area contributed by atoms with Gasteiger partial charge in [-0.15, -0.1) is 0 Å². The number of piperidine rings is 1. The highest BCUT2D eigenvalue weighted by Gasteiger charge is 2.24. The van der Waals surface area contributed by atoms with E-state index in [0.29, 0.717) is 17.7 Å². The Bertz CT molecular complexity index is 1590. The van der Waals surface area contributed by atoms with E-state index < -0.39 is 5.82 Å². The Kier molecular flexibility index (Phi) is 8.08. The van der Waals surface area contributed by atoms with Crippen molar-refractivity contribution < 1.29 is 19.0 Å². The Hall–Kier alpha value is -4.68. The summed E-state index contributed by atoms with van der Waals surface area (Å²) in [5.74, 6) is -0.314. The first-order valence-electron chi connectivity index (χ1n) is 13.0. The van der Waals surface area contributed by atoms with Crippen molar-refractivity contribution in [2.45, 2.75) is 19.3 Å². The van der Waals surface area contributed by atoms with Crippen molar-refractivity contribution in [2.75, 3.05) is 31.7 Å². The fourth-order valence-electron chi connectivity index (χ4n) is 5.12. The molecule has 202 valence electrons. The molecule has 1 saturated heterocycles. The van der Waals surface area contributed by atoms with E-state index in [4.69, 9.17) is 4.74 Å².